The third-order valence-electron chi connectivity index (χ3n) is 4.92. The lowest BCUT2D eigenvalue weighted by Gasteiger charge is -2.11. The summed E-state index contributed by atoms with van der Waals surface area (Å²) in [6, 6.07) is 14.5. The summed E-state index contributed by atoms with van der Waals surface area (Å²) < 4.78 is 7.11. The Kier molecular flexibility index (Phi) is 4.73. The smallest absolute Gasteiger partial charge is 0.277 e. The van der Waals surface area contributed by atoms with Crippen LogP contribution in [0.4, 0.5) is 0 Å². The van der Waals surface area contributed by atoms with E-state index in [4.69, 9.17) is 4.74 Å². The van der Waals surface area contributed by atoms with Gasteiger partial charge in [-0.05, 0) is 37.1 Å². The number of aromatic nitrogens is 2. The minimum Gasteiger partial charge on any atom is -0.376 e. The van der Waals surface area contributed by atoms with Crippen LogP contribution in [0.3, 0.4) is 0 Å². The van der Waals surface area contributed by atoms with Crippen LogP contribution in [0.2, 0.25) is 0 Å². The summed E-state index contributed by atoms with van der Waals surface area (Å²) in [5, 5.41) is 2.90. The van der Waals surface area contributed by atoms with Gasteiger partial charge in [-0.15, -0.1) is 0 Å². The Morgan fingerprint density at radius 3 is 2.74 bits per heavy atom. The van der Waals surface area contributed by atoms with Gasteiger partial charge < -0.3 is 14.6 Å². The molecule has 6 nitrogen and oxygen atoms in total. The van der Waals surface area contributed by atoms with Crippen molar-refractivity contribution in [3.63, 3.8) is 0 Å². The van der Waals surface area contributed by atoms with Crippen molar-refractivity contribution in [3.8, 4) is 11.3 Å². The largest absolute Gasteiger partial charge is 0.376 e. The molecule has 0 aliphatic carbocycles. The zero-order valence-corrected chi connectivity index (χ0v) is 15.1. The van der Waals surface area contributed by atoms with Crippen LogP contribution in [0.15, 0.2) is 53.3 Å². The molecule has 0 radical (unpaired) electrons. The Morgan fingerprint density at radius 2 is 2.00 bits per heavy atom. The van der Waals surface area contributed by atoms with Crippen LogP contribution in [-0.4, -0.2) is 34.7 Å². The maximum absolute atomic E-state index is 12.7. The van der Waals surface area contributed by atoms with Gasteiger partial charge in [0, 0.05) is 31.3 Å². The van der Waals surface area contributed by atoms with Crippen molar-refractivity contribution in [2.45, 2.75) is 18.9 Å². The van der Waals surface area contributed by atoms with Crippen molar-refractivity contribution >= 4 is 16.9 Å². The number of carbonyl (C=O) groups excluding carboxylic acids is 1. The third kappa shape index (κ3) is 3.48. The number of aryl methyl sites for hydroxylation is 1. The van der Waals surface area contributed by atoms with Crippen molar-refractivity contribution in [1.82, 2.24) is 14.9 Å². The molecule has 138 valence electrons. The Labute approximate surface area is 156 Å². The minimum atomic E-state index is -0.163. The molecule has 27 heavy (non-hydrogen) atoms. The number of ether oxygens (including phenoxy) is 1. The molecule has 1 N–H and O–H groups in total. The number of hydrogen-bond acceptors (Lipinski definition) is 4. The molecular formula is C21H21N3O3. The molecule has 0 bridgehead atoms. The van der Waals surface area contributed by atoms with E-state index in [1.54, 1.807) is 35.9 Å². The summed E-state index contributed by atoms with van der Waals surface area (Å²) in [5.74, 6) is -0.142. The maximum Gasteiger partial charge on any atom is 0.277 e. The highest BCUT2D eigenvalue weighted by Gasteiger charge is 2.17. The van der Waals surface area contributed by atoms with Crippen molar-refractivity contribution < 1.29 is 9.53 Å². The van der Waals surface area contributed by atoms with E-state index in [0.29, 0.717) is 23.4 Å². The van der Waals surface area contributed by atoms with E-state index in [1.165, 1.54) is 0 Å². The summed E-state index contributed by atoms with van der Waals surface area (Å²) >= 11 is 0. The summed E-state index contributed by atoms with van der Waals surface area (Å²) in [6.45, 7) is 1.29. The van der Waals surface area contributed by atoms with Gasteiger partial charge in [0.2, 0.25) is 0 Å². The molecule has 1 unspecified atom stereocenters. The highest BCUT2D eigenvalue weighted by molar-refractivity contribution is 5.94. The molecule has 0 spiro atoms. The normalized spacial score (nSPS) is 16.6. The first-order chi connectivity index (χ1) is 13.1. The van der Waals surface area contributed by atoms with Crippen LogP contribution in [0.1, 0.15) is 23.2 Å². The number of hydrogen-bond donors (Lipinski definition) is 1. The lowest BCUT2D eigenvalue weighted by atomic mass is 10.1. The van der Waals surface area contributed by atoms with E-state index in [2.05, 4.69) is 10.3 Å². The van der Waals surface area contributed by atoms with E-state index >= 15 is 0 Å². The van der Waals surface area contributed by atoms with Crippen LogP contribution >= 0.6 is 0 Å². The molecule has 2 aromatic carbocycles. The molecule has 2 heterocycles. The number of rotatable bonds is 4. The highest BCUT2D eigenvalue weighted by atomic mass is 16.5. The van der Waals surface area contributed by atoms with Crippen molar-refractivity contribution in [2.75, 3.05) is 13.2 Å². The molecule has 4 rings (SSSR count). The predicted molar refractivity (Wildman–Crippen MR) is 104 cm³/mol. The van der Waals surface area contributed by atoms with E-state index in [9.17, 15) is 9.59 Å². The highest BCUT2D eigenvalue weighted by Crippen LogP contribution is 2.18. The van der Waals surface area contributed by atoms with Gasteiger partial charge >= 0.3 is 0 Å². The van der Waals surface area contributed by atoms with Crippen LogP contribution < -0.4 is 10.9 Å². The number of amides is 1. The Balaban J connectivity index is 1.57. The quantitative estimate of drug-likeness (QED) is 0.773. The Hall–Kier alpha value is -2.99. The molecule has 1 aliphatic rings. The Morgan fingerprint density at radius 1 is 1.22 bits per heavy atom. The van der Waals surface area contributed by atoms with E-state index in [-0.39, 0.29) is 17.6 Å². The first-order valence-electron chi connectivity index (χ1n) is 9.09. The molecule has 3 aromatic rings. The minimum absolute atomic E-state index is 0.109. The number of carbonyl (C=O) groups is 1. The van der Waals surface area contributed by atoms with Gasteiger partial charge in [0.15, 0.2) is 0 Å². The fourth-order valence-corrected chi connectivity index (χ4v) is 3.36. The molecule has 1 aromatic heterocycles. The second-order valence-electron chi connectivity index (χ2n) is 6.74. The lowest BCUT2D eigenvalue weighted by Crippen LogP contribution is -2.31. The van der Waals surface area contributed by atoms with Gasteiger partial charge in [-0.2, -0.15) is 0 Å². The standard InChI is InChI=1S/C21H21N3O3/c1-24-18-7-3-2-6-17(18)23-19(21(24)26)14-8-10-15(11-9-14)20(25)22-13-16-5-4-12-27-16/h2-3,6-11,16H,4-5,12-13H2,1H3,(H,22,25). The Bertz CT molecular complexity index is 1030. The first kappa shape index (κ1) is 17.4. The van der Waals surface area contributed by atoms with Gasteiger partial charge in [-0.3, -0.25) is 9.59 Å². The van der Waals surface area contributed by atoms with Crippen molar-refractivity contribution in [1.29, 1.82) is 0 Å². The average Bonchev–Trinajstić information content (AvgIpc) is 3.23. The van der Waals surface area contributed by atoms with Crippen LogP contribution in [0, 0.1) is 0 Å². The third-order valence-corrected chi connectivity index (χ3v) is 4.92. The van der Waals surface area contributed by atoms with Crippen molar-refractivity contribution in [2.24, 2.45) is 7.05 Å². The topological polar surface area (TPSA) is 73.2 Å². The number of nitrogens with one attached hydrogen (secondary N) is 1. The summed E-state index contributed by atoms with van der Waals surface area (Å²) in [5.41, 5.74) is 3.00. The molecule has 1 atom stereocenters. The summed E-state index contributed by atoms with van der Waals surface area (Å²) in [7, 11) is 1.74. The molecule has 1 saturated heterocycles. The predicted octanol–water partition coefficient (Wildman–Crippen LogP) is 2.51. The zero-order valence-electron chi connectivity index (χ0n) is 15.1. The van der Waals surface area contributed by atoms with Crippen molar-refractivity contribution in [3.05, 3.63) is 64.4 Å². The molecule has 1 amide bonds. The first-order valence-corrected chi connectivity index (χ1v) is 9.09. The zero-order chi connectivity index (χ0) is 18.8. The molecule has 6 heteroatoms. The maximum atomic E-state index is 12.7. The van der Waals surface area contributed by atoms with E-state index in [1.807, 2.05) is 24.3 Å². The average molecular weight is 363 g/mol. The molecular weight excluding hydrogens is 342 g/mol. The van der Waals surface area contributed by atoms with Crippen LogP contribution in [0.25, 0.3) is 22.3 Å². The molecule has 0 saturated carbocycles. The number of nitrogens with zero attached hydrogens (tertiary/aromatic N) is 2. The van der Waals surface area contributed by atoms with Gasteiger partial charge in [0.1, 0.15) is 5.69 Å². The second kappa shape index (κ2) is 7.32. The second-order valence-corrected chi connectivity index (χ2v) is 6.74. The van der Waals surface area contributed by atoms with E-state index < -0.39 is 0 Å². The fraction of sp³-hybridized carbons (Fsp3) is 0.286. The number of fused-ring (bicyclic) bond motifs is 1. The van der Waals surface area contributed by atoms with Gasteiger partial charge in [0.05, 0.1) is 17.1 Å². The van der Waals surface area contributed by atoms with Crippen LogP contribution in [0.5, 0.6) is 0 Å². The lowest BCUT2D eigenvalue weighted by molar-refractivity contribution is 0.0858. The SMILES string of the molecule is Cn1c(=O)c(-c2ccc(C(=O)NCC3CCCO3)cc2)nc2ccccc21. The summed E-state index contributed by atoms with van der Waals surface area (Å²) in [4.78, 5) is 29.5. The fourth-order valence-electron chi connectivity index (χ4n) is 3.36. The van der Waals surface area contributed by atoms with Gasteiger partial charge in [-0.25, -0.2) is 4.98 Å². The molecule has 1 fully saturated rings. The van der Waals surface area contributed by atoms with Gasteiger partial charge in [0.25, 0.3) is 11.5 Å². The monoisotopic (exact) mass is 363 g/mol. The summed E-state index contributed by atoms with van der Waals surface area (Å²) in [6.07, 6.45) is 2.14. The number of para-hydroxylation sites is 2. The van der Waals surface area contributed by atoms with Crippen LogP contribution in [-0.2, 0) is 11.8 Å². The van der Waals surface area contributed by atoms with Gasteiger partial charge in [-0.1, -0.05) is 24.3 Å². The number of benzene rings is 2. The van der Waals surface area contributed by atoms with E-state index in [0.717, 1.165) is 30.5 Å². The molecule has 1 aliphatic heterocycles.